The summed E-state index contributed by atoms with van der Waals surface area (Å²) in [6.45, 7) is 5.80. The third-order valence-corrected chi connectivity index (χ3v) is 3.64. The van der Waals surface area contributed by atoms with Gasteiger partial charge in [0.05, 0.1) is 0 Å². The Balaban J connectivity index is 1.82. The third-order valence-electron chi connectivity index (χ3n) is 3.64. The van der Waals surface area contributed by atoms with Crippen LogP contribution < -0.4 is 5.32 Å². The Kier molecular flexibility index (Phi) is 3.65. The van der Waals surface area contributed by atoms with Gasteiger partial charge in [0.1, 0.15) is 0 Å². The van der Waals surface area contributed by atoms with Gasteiger partial charge in [0.25, 0.3) is 0 Å². The van der Waals surface area contributed by atoms with Gasteiger partial charge in [-0.2, -0.15) is 0 Å². The maximum absolute atomic E-state index is 3.69. The Morgan fingerprint density at radius 2 is 2.00 bits per heavy atom. The van der Waals surface area contributed by atoms with Crippen LogP contribution in [-0.4, -0.2) is 6.04 Å². The van der Waals surface area contributed by atoms with E-state index in [9.17, 15) is 0 Å². The van der Waals surface area contributed by atoms with Gasteiger partial charge in [-0.15, -0.1) is 0 Å². The van der Waals surface area contributed by atoms with Crippen LogP contribution in [0.4, 0.5) is 0 Å². The second-order valence-corrected chi connectivity index (χ2v) is 5.82. The first-order valence-corrected chi connectivity index (χ1v) is 6.43. The molecule has 1 nitrogen and oxygen atoms in total. The standard InChI is InChI=1S/C15H23N/c1-15(2)10-6-9-14(11-15)16-12-13-7-4-3-5-8-13/h3-5,7-8,14,16H,6,9-12H2,1-2H3. The maximum atomic E-state index is 3.69. The fourth-order valence-corrected chi connectivity index (χ4v) is 2.73. The van der Waals surface area contributed by atoms with E-state index in [2.05, 4.69) is 49.5 Å². The van der Waals surface area contributed by atoms with Crippen LogP contribution in [0.3, 0.4) is 0 Å². The maximum Gasteiger partial charge on any atom is 0.0208 e. The molecule has 16 heavy (non-hydrogen) atoms. The lowest BCUT2D eigenvalue weighted by Gasteiger charge is -2.35. The molecule has 88 valence electrons. The van der Waals surface area contributed by atoms with E-state index in [1.807, 2.05) is 0 Å². The van der Waals surface area contributed by atoms with Crippen molar-refractivity contribution in [2.45, 2.75) is 52.1 Å². The molecular formula is C15H23N. The Labute approximate surface area is 99.3 Å². The summed E-state index contributed by atoms with van der Waals surface area (Å²) in [4.78, 5) is 0. The van der Waals surface area contributed by atoms with Crippen molar-refractivity contribution in [1.82, 2.24) is 5.32 Å². The smallest absolute Gasteiger partial charge is 0.0208 e. The zero-order valence-corrected chi connectivity index (χ0v) is 10.5. The molecule has 1 atom stereocenters. The largest absolute Gasteiger partial charge is 0.310 e. The minimum Gasteiger partial charge on any atom is -0.310 e. The quantitative estimate of drug-likeness (QED) is 0.813. The second-order valence-electron chi connectivity index (χ2n) is 5.82. The highest BCUT2D eigenvalue weighted by atomic mass is 14.9. The lowest BCUT2D eigenvalue weighted by atomic mass is 9.75. The van der Waals surface area contributed by atoms with E-state index in [0.717, 1.165) is 6.54 Å². The number of hydrogen-bond donors (Lipinski definition) is 1. The number of benzene rings is 1. The molecule has 0 bridgehead atoms. The van der Waals surface area contributed by atoms with E-state index >= 15 is 0 Å². The van der Waals surface area contributed by atoms with Crippen LogP contribution in [0.1, 0.15) is 45.1 Å². The molecule has 1 aromatic rings. The van der Waals surface area contributed by atoms with E-state index in [0.29, 0.717) is 11.5 Å². The molecule has 1 aliphatic rings. The molecule has 1 fully saturated rings. The van der Waals surface area contributed by atoms with E-state index in [4.69, 9.17) is 0 Å². The molecule has 1 heteroatoms. The van der Waals surface area contributed by atoms with Crippen molar-refractivity contribution < 1.29 is 0 Å². The number of hydrogen-bond acceptors (Lipinski definition) is 1. The Bertz CT molecular complexity index is 315. The first-order valence-electron chi connectivity index (χ1n) is 6.43. The van der Waals surface area contributed by atoms with Crippen LogP contribution in [0.15, 0.2) is 30.3 Å². The molecule has 1 saturated carbocycles. The van der Waals surface area contributed by atoms with Gasteiger partial charge in [-0.25, -0.2) is 0 Å². The van der Waals surface area contributed by atoms with Gasteiger partial charge in [-0.3, -0.25) is 0 Å². The molecule has 1 aliphatic carbocycles. The van der Waals surface area contributed by atoms with Crippen LogP contribution in [0.25, 0.3) is 0 Å². The predicted molar refractivity (Wildman–Crippen MR) is 69.3 cm³/mol. The van der Waals surface area contributed by atoms with Gasteiger partial charge >= 0.3 is 0 Å². The molecular weight excluding hydrogens is 194 g/mol. The number of nitrogens with one attached hydrogen (secondary N) is 1. The van der Waals surface area contributed by atoms with Crippen molar-refractivity contribution >= 4 is 0 Å². The van der Waals surface area contributed by atoms with Crippen molar-refractivity contribution in [3.63, 3.8) is 0 Å². The van der Waals surface area contributed by atoms with Crippen LogP contribution in [0, 0.1) is 5.41 Å². The molecule has 0 aliphatic heterocycles. The summed E-state index contributed by atoms with van der Waals surface area (Å²) < 4.78 is 0. The lowest BCUT2D eigenvalue weighted by Crippen LogP contribution is -2.36. The topological polar surface area (TPSA) is 12.0 Å². The van der Waals surface area contributed by atoms with Gasteiger partial charge in [-0.05, 0) is 30.2 Å². The summed E-state index contributed by atoms with van der Waals surface area (Å²) in [5.41, 5.74) is 1.93. The normalized spacial score (nSPS) is 24.2. The first kappa shape index (κ1) is 11.7. The third kappa shape index (κ3) is 3.34. The van der Waals surface area contributed by atoms with Gasteiger partial charge < -0.3 is 5.32 Å². The van der Waals surface area contributed by atoms with E-state index in [-0.39, 0.29) is 0 Å². The minimum atomic E-state index is 0.534. The van der Waals surface area contributed by atoms with E-state index in [1.54, 1.807) is 0 Å². The van der Waals surface area contributed by atoms with Crippen LogP contribution in [0.5, 0.6) is 0 Å². The lowest BCUT2D eigenvalue weighted by molar-refractivity contribution is 0.198. The highest BCUT2D eigenvalue weighted by Gasteiger charge is 2.27. The molecule has 2 rings (SSSR count). The average Bonchev–Trinajstić information content (AvgIpc) is 2.27. The van der Waals surface area contributed by atoms with Crippen molar-refractivity contribution in [2.24, 2.45) is 5.41 Å². The molecule has 0 spiro atoms. The van der Waals surface area contributed by atoms with Crippen molar-refractivity contribution in [1.29, 1.82) is 0 Å². The second kappa shape index (κ2) is 5.01. The van der Waals surface area contributed by atoms with Gasteiger partial charge in [0.2, 0.25) is 0 Å². The Morgan fingerprint density at radius 3 is 2.69 bits per heavy atom. The van der Waals surface area contributed by atoms with Crippen LogP contribution in [-0.2, 0) is 6.54 Å². The fraction of sp³-hybridized carbons (Fsp3) is 0.600. The monoisotopic (exact) mass is 217 g/mol. The van der Waals surface area contributed by atoms with Gasteiger partial charge in [0.15, 0.2) is 0 Å². The van der Waals surface area contributed by atoms with E-state index in [1.165, 1.54) is 31.2 Å². The Morgan fingerprint density at radius 1 is 1.25 bits per heavy atom. The molecule has 0 amide bonds. The summed E-state index contributed by atoms with van der Waals surface area (Å²) >= 11 is 0. The van der Waals surface area contributed by atoms with Gasteiger partial charge in [0, 0.05) is 12.6 Å². The summed E-state index contributed by atoms with van der Waals surface area (Å²) in [5.74, 6) is 0. The summed E-state index contributed by atoms with van der Waals surface area (Å²) in [7, 11) is 0. The van der Waals surface area contributed by atoms with Gasteiger partial charge in [-0.1, -0.05) is 50.6 Å². The molecule has 0 aromatic heterocycles. The SMILES string of the molecule is CC1(C)CCCC(NCc2ccccc2)C1. The van der Waals surface area contributed by atoms with Crippen molar-refractivity contribution in [3.05, 3.63) is 35.9 Å². The van der Waals surface area contributed by atoms with Crippen molar-refractivity contribution in [2.75, 3.05) is 0 Å². The summed E-state index contributed by atoms with van der Waals surface area (Å²) in [5, 5.41) is 3.69. The molecule has 0 saturated heterocycles. The highest BCUT2D eigenvalue weighted by molar-refractivity contribution is 5.14. The highest BCUT2D eigenvalue weighted by Crippen LogP contribution is 2.35. The molecule has 0 radical (unpaired) electrons. The fourth-order valence-electron chi connectivity index (χ4n) is 2.73. The summed E-state index contributed by atoms with van der Waals surface area (Å²) in [6.07, 6.45) is 5.42. The molecule has 1 unspecified atom stereocenters. The molecule has 1 aromatic carbocycles. The predicted octanol–water partition coefficient (Wildman–Crippen LogP) is 3.75. The molecule has 1 N–H and O–H groups in total. The van der Waals surface area contributed by atoms with E-state index < -0.39 is 0 Å². The molecule has 0 heterocycles. The Hall–Kier alpha value is -0.820. The number of rotatable bonds is 3. The van der Waals surface area contributed by atoms with Crippen LogP contribution >= 0.6 is 0 Å². The summed E-state index contributed by atoms with van der Waals surface area (Å²) in [6, 6.07) is 11.4. The minimum absolute atomic E-state index is 0.534. The van der Waals surface area contributed by atoms with Crippen molar-refractivity contribution in [3.8, 4) is 0 Å². The first-order chi connectivity index (χ1) is 7.66. The van der Waals surface area contributed by atoms with Crippen LogP contribution in [0.2, 0.25) is 0 Å². The average molecular weight is 217 g/mol. The zero-order valence-electron chi connectivity index (χ0n) is 10.5. The zero-order chi connectivity index (χ0) is 11.4.